The van der Waals surface area contributed by atoms with Crippen LogP contribution >= 0.6 is 0 Å². The van der Waals surface area contributed by atoms with Crippen LogP contribution in [-0.2, 0) is 4.79 Å². The summed E-state index contributed by atoms with van der Waals surface area (Å²) in [6, 6.07) is 0.547. The smallest absolute Gasteiger partial charge is 0.236 e. The zero-order chi connectivity index (χ0) is 14.8. The first-order valence-corrected chi connectivity index (χ1v) is 8.11. The second kappa shape index (κ2) is 6.44. The van der Waals surface area contributed by atoms with Crippen LogP contribution in [0.3, 0.4) is 0 Å². The van der Waals surface area contributed by atoms with Gasteiger partial charge in [0.2, 0.25) is 5.91 Å². The van der Waals surface area contributed by atoms with Crippen molar-refractivity contribution in [2.45, 2.75) is 76.5 Å². The van der Waals surface area contributed by atoms with E-state index < -0.39 is 5.60 Å². The molecule has 1 N–H and O–H groups in total. The summed E-state index contributed by atoms with van der Waals surface area (Å²) in [5.74, 6) is 0.216. The van der Waals surface area contributed by atoms with Crippen LogP contribution in [0.5, 0.6) is 0 Å². The summed E-state index contributed by atoms with van der Waals surface area (Å²) in [6.07, 6.45) is 8.18. The van der Waals surface area contributed by atoms with E-state index in [4.69, 9.17) is 0 Å². The SMILES string of the molecule is CN(C(=O)CN1CCCC1C(C)(C)O)C1CCCCC1. The molecule has 0 bridgehead atoms. The molecule has 0 spiro atoms. The molecule has 1 heterocycles. The highest BCUT2D eigenvalue weighted by Gasteiger charge is 2.37. The van der Waals surface area contributed by atoms with Crippen LogP contribution in [0.4, 0.5) is 0 Å². The lowest BCUT2D eigenvalue weighted by Crippen LogP contribution is -2.50. The van der Waals surface area contributed by atoms with Gasteiger partial charge in [-0.1, -0.05) is 19.3 Å². The molecule has 2 fully saturated rings. The molecule has 1 atom stereocenters. The third-order valence-corrected chi connectivity index (χ3v) is 5.03. The van der Waals surface area contributed by atoms with Gasteiger partial charge in [0.05, 0.1) is 12.1 Å². The summed E-state index contributed by atoms with van der Waals surface area (Å²) in [5.41, 5.74) is -0.722. The van der Waals surface area contributed by atoms with Crippen molar-refractivity contribution in [3.05, 3.63) is 0 Å². The van der Waals surface area contributed by atoms with Crippen LogP contribution in [0.1, 0.15) is 58.8 Å². The number of hydrogen-bond acceptors (Lipinski definition) is 3. The molecule has 20 heavy (non-hydrogen) atoms. The number of likely N-dealkylation sites (tertiary alicyclic amines) is 1. The summed E-state index contributed by atoms with van der Waals surface area (Å²) in [7, 11) is 1.95. The van der Waals surface area contributed by atoms with Crippen LogP contribution in [0, 0.1) is 0 Å². The lowest BCUT2D eigenvalue weighted by molar-refractivity contribution is -0.135. The standard InChI is InChI=1S/C16H30N2O2/c1-16(2,20)14-10-7-11-18(14)12-15(19)17(3)13-8-5-4-6-9-13/h13-14,20H,4-12H2,1-3H3. The normalized spacial score (nSPS) is 25.9. The van der Waals surface area contributed by atoms with Crippen LogP contribution in [0.2, 0.25) is 0 Å². The molecule has 0 aromatic heterocycles. The lowest BCUT2D eigenvalue weighted by atomic mass is 9.94. The van der Waals surface area contributed by atoms with Crippen LogP contribution in [0.25, 0.3) is 0 Å². The molecule has 2 aliphatic rings. The predicted molar refractivity (Wildman–Crippen MR) is 80.5 cm³/mol. The van der Waals surface area contributed by atoms with Crippen molar-refractivity contribution >= 4 is 5.91 Å². The predicted octanol–water partition coefficient (Wildman–Crippen LogP) is 2.01. The first kappa shape index (κ1) is 15.8. The maximum Gasteiger partial charge on any atom is 0.236 e. The van der Waals surface area contributed by atoms with E-state index in [1.807, 2.05) is 25.8 Å². The first-order valence-electron chi connectivity index (χ1n) is 8.11. The quantitative estimate of drug-likeness (QED) is 0.858. The van der Waals surface area contributed by atoms with E-state index >= 15 is 0 Å². The summed E-state index contributed by atoms with van der Waals surface area (Å²) in [6.45, 7) is 5.09. The highest BCUT2D eigenvalue weighted by Crippen LogP contribution is 2.27. The molecular formula is C16H30N2O2. The summed E-state index contributed by atoms with van der Waals surface area (Å²) in [4.78, 5) is 16.6. The number of amides is 1. The summed E-state index contributed by atoms with van der Waals surface area (Å²) >= 11 is 0. The van der Waals surface area contributed by atoms with Crippen molar-refractivity contribution in [2.24, 2.45) is 0 Å². The van der Waals surface area contributed by atoms with Crippen molar-refractivity contribution in [3.63, 3.8) is 0 Å². The Balaban J connectivity index is 1.90. The Labute approximate surface area is 123 Å². The Bertz CT molecular complexity index is 332. The fourth-order valence-corrected chi connectivity index (χ4v) is 3.77. The number of carbonyl (C=O) groups excluding carboxylic acids is 1. The largest absolute Gasteiger partial charge is 0.389 e. The molecule has 116 valence electrons. The van der Waals surface area contributed by atoms with Gasteiger partial charge in [0.15, 0.2) is 0 Å². The zero-order valence-electron chi connectivity index (χ0n) is 13.3. The van der Waals surface area contributed by atoms with Crippen molar-refractivity contribution in [3.8, 4) is 0 Å². The lowest BCUT2D eigenvalue weighted by Gasteiger charge is -2.36. The van der Waals surface area contributed by atoms with E-state index in [1.165, 1.54) is 19.3 Å². The van der Waals surface area contributed by atoms with Gasteiger partial charge >= 0.3 is 0 Å². The topological polar surface area (TPSA) is 43.8 Å². The van der Waals surface area contributed by atoms with Gasteiger partial charge in [-0.25, -0.2) is 0 Å². The molecule has 2 rings (SSSR count). The molecule has 1 unspecified atom stereocenters. The number of likely N-dealkylation sites (N-methyl/N-ethyl adjacent to an activating group) is 1. The Hall–Kier alpha value is -0.610. The monoisotopic (exact) mass is 282 g/mol. The minimum absolute atomic E-state index is 0.117. The highest BCUT2D eigenvalue weighted by molar-refractivity contribution is 5.78. The molecule has 0 radical (unpaired) electrons. The number of nitrogens with zero attached hydrogens (tertiary/aromatic N) is 2. The molecule has 4 nitrogen and oxygen atoms in total. The Morgan fingerprint density at radius 3 is 2.45 bits per heavy atom. The van der Waals surface area contributed by atoms with Gasteiger partial charge in [-0.15, -0.1) is 0 Å². The second-order valence-electron chi connectivity index (χ2n) is 7.08. The number of rotatable bonds is 4. The fraction of sp³-hybridized carbons (Fsp3) is 0.938. The Kier molecular flexibility index (Phi) is 5.08. The van der Waals surface area contributed by atoms with Gasteiger partial charge in [0.1, 0.15) is 0 Å². The molecule has 1 aliphatic carbocycles. The van der Waals surface area contributed by atoms with Gasteiger partial charge in [0.25, 0.3) is 0 Å². The van der Waals surface area contributed by atoms with Gasteiger partial charge in [-0.3, -0.25) is 9.69 Å². The number of aliphatic hydroxyl groups is 1. The average Bonchev–Trinajstić information content (AvgIpc) is 2.87. The van der Waals surface area contributed by atoms with Crippen LogP contribution in [0.15, 0.2) is 0 Å². The third kappa shape index (κ3) is 3.73. The number of hydrogen-bond donors (Lipinski definition) is 1. The maximum atomic E-state index is 12.5. The molecule has 1 saturated heterocycles. The van der Waals surface area contributed by atoms with Crippen molar-refractivity contribution in [1.29, 1.82) is 0 Å². The van der Waals surface area contributed by atoms with Gasteiger partial charge < -0.3 is 10.0 Å². The minimum atomic E-state index is -0.722. The van der Waals surface area contributed by atoms with E-state index in [-0.39, 0.29) is 11.9 Å². The molecule has 4 heteroatoms. The van der Waals surface area contributed by atoms with Crippen LogP contribution in [-0.4, -0.2) is 58.6 Å². The van der Waals surface area contributed by atoms with Gasteiger partial charge in [-0.05, 0) is 46.1 Å². The van der Waals surface area contributed by atoms with Crippen molar-refractivity contribution in [2.75, 3.05) is 20.1 Å². The average molecular weight is 282 g/mol. The van der Waals surface area contributed by atoms with E-state index in [0.29, 0.717) is 12.6 Å². The van der Waals surface area contributed by atoms with Crippen molar-refractivity contribution in [1.82, 2.24) is 9.80 Å². The van der Waals surface area contributed by atoms with Crippen molar-refractivity contribution < 1.29 is 9.90 Å². The Morgan fingerprint density at radius 1 is 1.20 bits per heavy atom. The molecular weight excluding hydrogens is 252 g/mol. The van der Waals surface area contributed by atoms with Gasteiger partial charge in [0, 0.05) is 19.1 Å². The van der Waals surface area contributed by atoms with E-state index in [0.717, 1.165) is 32.2 Å². The molecule has 1 saturated carbocycles. The molecule has 0 aromatic carbocycles. The fourth-order valence-electron chi connectivity index (χ4n) is 3.77. The third-order valence-electron chi connectivity index (χ3n) is 5.03. The highest BCUT2D eigenvalue weighted by atomic mass is 16.3. The molecule has 0 aromatic rings. The summed E-state index contributed by atoms with van der Waals surface area (Å²) in [5, 5.41) is 10.2. The minimum Gasteiger partial charge on any atom is -0.389 e. The second-order valence-corrected chi connectivity index (χ2v) is 7.08. The van der Waals surface area contributed by atoms with Crippen LogP contribution < -0.4 is 0 Å². The molecule has 1 aliphatic heterocycles. The van der Waals surface area contributed by atoms with E-state index in [2.05, 4.69) is 4.90 Å². The van der Waals surface area contributed by atoms with Gasteiger partial charge in [-0.2, -0.15) is 0 Å². The number of carbonyl (C=O) groups is 1. The zero-order valence-corrected chi connectivity index (χ0v) is 13.3. The maximum absolute atomic E-state index is 12.5. The van der Waals surface area contributed by atoms with E-state index in [9.17, 15) is 9.90 Å². The Morgan fingerprint density at radius 2 is 1.85 bits per heavy atom. The van der Waals surface area contributed by atoms with E-state index in [1.54, 1.807) is 0 Å². The first-order chi connectivity index (χ1) is 9.39. The summed E-state index contributed by atoms with van der Waals surface area (Å²) < 4.78 is 0. The molecule has 1 amide bonds.